The summed E-state index contributed by atoms with van der Waals surface area (Å²) in [5.74, 6) is 0.718. The van der Waals surface area contributed by atoms with Crippen molar-refractivity contribution in [1.29, 1.82) is 0 Å². The van der Waals surface area contributed by atoms with Gasteiger partial charge in [0.05, 0.1) is 0 Å². The summed E-state index contributed by atoms with van der Waals surface area (Å²) in [6.07, 6.45) is 11.8. The summed E-state index contributed by atoms with van der Waals surface area (Å²) in [6, 6.07) is 0. The van der Waals surface area contributed by atoms with E-state index in [9.17, 15) is 4.79 Å². The fraction of sp³-hybridized carbons (Fsp3) is 0.526. The molecule has 0 fully saturated rings. The minimum atomic E-state index is 0.228. The van der Waals surface area contributed by atoms with E-state index in [0.29, 0.717) is 12.3 Å². The summed E-state index contributed by atoms with van der Waals surface area (Å²) in [5, 5.41) is 3.01. The Labute approximate surface area is 130 Å². The summed E-state index contributed by atoms with van der Waals surface area (Å²) < 4.78 is 0. The molecular formula is C19H31NO. The zero-order chi connectivity index (χ0) is 16.3. The predicted octanol–water partition coefficient (Wildman–Crippen LogP) is 4.95. The Morgan fingerprint density at radius 2 is 2.00 bits per heavy atom. The van der Waals surface area contributed by atoms with Gasteiger partial charge in [0, 0.05) is 13.5 Å². The van der Waals surface area contributed by atoms with Crippen LogP contribution in [0.15, 0.2) is 47.7 Å². The average molecular weight is 289 g/mol. The molecule has 0 saturated heterocycles. The van der Waals surface area contributed by atoms with Crippen molar-refractivity contribution >= 4 is 5.78 Å². The van der Waals surface area contributed by atoms with Crippen LogP contribution >= 0.6 is 0 Å². The number of nitrogens with one attached hydrogen (secondary N) is 1. The minimum Gasteiger partial charge on any atom is -0.394 e. The fourth-order valence-electron chi connectivity index (χ4n) is 2.17. The molecule has 0 heterocycles. The lowest BCUT2D eigenvalue weighted by molar-refractivity contribution is -0.115. The Kier molecular flexibility index (Phi) is 10.3. The number of carbonyl (C=O) groups is 1. The van der Waals surface area contributed by atoms with E-state index < -0.39 is 0 Å². The second-order valence-electron chi connectivity index (χ2n) is 5.47. The van der Waals surface area contributed by atoms with Crippen LogP contribution in [0.2, 0.25) is 0 Å². The number of ketones is 1. The molecule has 0 aliphatic carbocycles. The molecule has 2 heteroatoms. The Morgan fingerprint density at radius 1 is 1.33 bits per heavy atom. The number of carbonyl (C=O) groups excluding carboxylic acids is 1. The lowest BCUT2D eigenvalue weighted by Gasteiger charge is -2.15. The summed E-state index contributed by atoms with van der Waals surface area (Å²) in [7, 11) is 1.91. The maximum Gasteiger partial charge on any atom is 0.158 e. The van der Waals surface area contributed by atoms with Crippen molar-refractivity contribution in [3.05, 3.63) is 47.7 Å². The van der Waals surface area contributed by atoms with Gasteiger partial charge in [-0.2, -0.15) is 0 Å². The van der Waals surface area contributed by atoms with Crippen LogP contribution in [-0.2, 0) is 4.79 Å². The van der Waals surface area contributed by atoms with Gasteiger partial charge in [-0.1, -0.05) is 37.6 Å². The van der Waals surface area contributed by atoms with E-state index >= 15 is 0 Å². The Morgan fingerprint density at radius 3 is 2.52 bits per heavy atom. The molecule has 0 aromatic carbocycles. The largest absolute Gasteiger partial charge is 0.394 e. The summed E-state index contributed by atoms with van der Waals surface area (Å²) in [4.78, 5) is 11.8. The molecule has 0 rings (SSSR count). The van der Waals surface area contributed by atoms with Crippen molar-refractivity contribution < 1.29 is 4.79 Å². The van der Waals surface area contributed by atoms with Gasteiger partial charge in [0.1, 0.15) is 0 Å². The lowest BCUT2D eigenvalue weighted by atomic mass is 9.91. The number of Topliss-reactive ketones (excluding diaryl/α,β-unsaturated/α-hetero) is 1. The first kappa shape index (κ1) is 19.4. The van der Waals surface area contributed by atoms with Crippen molar-refractivity contribution in [2.45, 2.75) is 53.4 Å². The van der Waals surface area contributed by atoms with Crippen molar-refractivity contribution in [1.82, 2.24) is 5.32 Å². The lowest BCUT2D eigenvalue weighted by Crippen LogP contribution is -2.02. The fourth-order valence-corrected chi connectivity index (χ4v) is 2.17. The zero-order valence-electron chi connectivity index (χ0n) is 14.3. The van der Waals surface area contributed by atoms with Crippen LogP contribution in [0.1, 0.15) is 53.4 Å². The van der Waals surface area contributed by atoms with Crippen molar-refractivity contribution in [2.24, 2.45) is 5.92 Å². The van der Waals surface area contributed by atoms with E-state index in [1.54, 1.807) is 0 Å². The topological polar surface area (TPSA) is 29.1 Å². The normalized spacial score (nSPS) is 14.8. The first-order valence-corrected chi connectivity index (χ1v) is 7.82. The molecule has 0 aliphatic heterocycles. The van der Waals surface area contributed by atoms with Crippen LogP contribution in [0.3, 0.4) is 0 Å². The molecule has 0 saturated carbocycles. The van der Waals surface area contributed by atoms with Gasteiger partial charge >= 0.3 is 0 Å². The van der Waals surface area contributed by atoms with Crippen LogP contribution in [0.25, 0.3) is 0 Å². The molecule has 1 unspecified atom stereocenters. The molecule has 1 N–H and O–H groups in total. The summed E-state index contributed by atoms with van der Waals surface area (Å²) in [6.45, 7) is 11.9. The second-order valence-corrected chi connectivity index (χ2v) is 5.47. The highest BCUT2D eigenvalue weighted by atomic mass is 16.1. The first-order valence-electron chi connectivity index (χ1n) is 7.82. The summed E-state index contributed by atoms with van der Waals surface area (Å²) in [5.41, 5.74) is 3.31. The number of allylic oxidation sites excluding steroid dienone is 6. The van der Waals surface area contributed by atoms with Gasteiger partial charge in [-0.15, -0.1) is 6.58 Å². The first-order chi connectivity index (χ1) is 9.97. The molecule has 0 amide bonds. The summed E-state index contributed by atoms with van der Waals surface area (Å²) >= 11 is 0. The number of hydrogen-bond acceptors (Lipinski definition) is 2. The Hall–Kier alpha value is -1.57. The standard InChI is InChI=1S/C19H31NO/c1-7-11-18(15(3)12-9-10-13-20-6)14-16(4)17(5)19(21)8-2/h7,10,13-15,20H,1,8-9,11-12H2,2-6H3/b13-10+,17-16+,18-14+. The Bertz CT molecular complexity index is 427. The van der Waals surface area contributed by atoms with Gasteiger partial charge in [-0.3, -0.25) is 4.79 Å². The van der Waals surface area contributed by atoms with E-state index in [1.165, 1.54) is 5.57 Å². The number of rotatable bonds is 10. The van der Waals surface area contributed by atoms with E-state index in [0.717, 1.165) is 30.4 Å². The van der Waals surface area contributed by atoms with Gasteiger partial charge in [-0.05, 0) is 56.4 Å². The van der Waals surface area contributed by atoms with Gasteiger partial charge < -0.3 is 5.32 Å². The van der Waals surface area contributed by atoms with E-state index in [2.05, 4.69) is 31.0 Å². The smallest absolute Gasteiger partial charge is 0.158 e. The van der Waals surface area contributed by atoms with Gasteiger partial charge in [-0.25, -0.2) is 0 Å². The molecule has 0 aromatic rings. The van der Waals surface area contributed by atoms with E-state index in [-0.39, 0.29) is 5.78 Å². The van der Waals surface area contributed by atoms with Crippen LogP contribution in [0, 0.1) is 5.92 Å². The van der Waals surface area contributed by atoms with E-state index in [4.69, 9.17) is 0 Å². The van der Waals surface area contributed by atoms with Gasteiger partial charge in [0.15, 0.2) is 5.78 Å². The van der Waals surface area contributed by atoms with Crippen LogP contribution in [0.5, 0.6) is 0 Å². The number of hydrogen-bond donors (Lipinski definition) is 1. The highest BCUT2D eigenvalue weighted by Crippen LogP contribution is 2.23. The van der Waals surface area contributed by atoms with Crippen LogP contribution in [0.4, 0.5) is 0 Å². The highest BCUT2D eigenvalue weighted by molar-refractivity contribution is 5.95. The second kappa shape index (κ2) is 11.1. The SMILES string of the molecule is C=CC/C(=C\C(C)=C(/C)C(=O)CC)C(C)CC/C=C/NC. The average Bonchev–Trinajstić information content (AvgIpc) is 2.49. The molecule has 21 heavy (non-hydrogen) atoms. The third-order valence-corrected chi connectivity index (χ3v) is 3.80. The van der Waals surface area contributed by atoms with Gasteiger partial charge in [0.2, 0.25) is 0 Å². The molecule has 2 nitrogen and oxygen atoms in total. The third-order valence-electron chi connectivity index (χ3n) is 3.80. The quantitative estimate of drug-likeness (QED) is 0.350. The molecule has 118 valence electrons. The monoisotopic (exact) mass is 289 g/mol. The van der Waals surface area contributed by atoms with Crippen molar-refractivity contribution in [3.63, 3.8) is 0 Å². The Balaban J connectivity index is 5.02. The van der Waals surface area contributed by atoms with Crippen LogP contribution in [-0.4, -0.2) is 12.8 Å². The molecular weight excluding hydrogens is 258 g/mol. The maximum atomic E-state index is 11.8. The molecule has 0 spiro atoms. The van der Waals surface area contributed by atoms with Crippen molar-refractivity contribution in [3.8, 4) is 0 Å². The molecule has 0 aliphatic rings. The molecule has 1 atom stereocenters. The maximum absolute atomic E-state index is 11.8. The van der Waals surface area contributed by atoms with Gasteiger partial charge in [0.25, 0.3) is 0 Å². The molecule has 0 aromatic heterocycles. The third kappa shape index (κ3) is 7.69. The molecule has 0 radical (unpaired) electrons. The van der Waals surface area contributed by atoms with E-state index in [1.807, 2.05) is 40.1 Å². The van der Waals surface area contributed by atoms with Crippen molar-refractivity contribution in [2.75, 3.05) is 7.05 Å². The molecule has 0 bridgehead atoms. The predicted molar refractivity (Wildman–Crippen MR) is 93.2 cm³/mol. The zero-order valence-corrected chi connectivity index (χ0v) is 14.3. The minimum absolute atomic E-state index is 0.228. The highest BCUT2D eigenvalue weighted by Gasteiger charge is 2.09. The van der Waals surface area contributed by atoms with Crippen LogP contribution < -0.4 is 5.32 Å².